The summed E-state index contributed by atoms with van der Waals surface area (Å²) in [5.41, 5.74) is 5.24. The molecule has 32 heavy (non-hydrogen) atoms. The summed E-state index contributed by atoms with van der Waals surface area (Å²) >= 11 is 0. The number of unbranched alkanes of at least 4 members (excludes halogenated alkanes) is 2. The molecule has 1 saturated heterocycles. The Morgan fingerprint density at radius 3 is 2.72 bits per heavy atom. The predicted octanol–water partition coefficient (Wildman–Crippen LogP) is 5.01. The lowest BCUT2D eigenvalue weighted by Gasteiger charge is -2.28. The number of likely N-dealkylation sites (N-methyl/N-ethyl adjacent to an activating group) is 1. The van der Waals surface area contributed by atoms with Crippen molar-refractivity contribution in [3.05, 3.63) is 65.0 Å². The fraction of sp³-hybridized carbons (Fsp3) is 0.571. The number of ketones is 1. The van der Waals surface area contributed by atoms with Gasteiger partial charge in [-0.05, 0) is 89.1 Å². The Labute approximate surface area is 194 Å². The van der Waals surface area contributed by atoms with Gasteiger partial charge in [0, 0.05) is 30.5 Å². The molecule has 2 atom stereocenters. The Morgan fingerprint density at radius 1 is 1.09 bits per heavy atom. The minimum Gasteiger partial charge on any atom is -0.302 e. The first-order chi connectivity index (χ1) is 15.6. The molecule has 0 N–H and O–H groups in total. The Morgan fingerprint density at radius 2 is 1.91 bits per heavy atom. The number of carbonyl (C=O) groups is 1. The van der Waals surface area contributed by atoms with E-state index in [1.807, 2.05) is 18.2 Å². The average molecular weight is 434 g/mol. The molecule has 1 aromatic carbocycles. The molecule has 4 nitrogen and oxygen atoms in total. The molecule has 2 heterocycles. The summed E-state index contributed by atoms with van der Waals surface area (Å²) in [6.07, 6.45) is 10.9. The van der Waals surface area contributed by atoms with E-state index in [2.05, 4.69) is 41.1 Å². The number of pyridine rings is 1. The van der Waals surface area contributed by atoms with Crippen molar-refractivity contribution in [2.75, 3.05) is 26.7 Å². The quantitative estimate of drug-likeness (QED) is 0.494. The lowest BCUT2D eigenvalue weighted by Crippen LogP contribution is -2.37. The van der Waals surface area contributed by atoms with Gasteiger partial charge in [-0.1, -0.05) is 42.8 Å². The van der Waals surface area contributed by atoms with Crippen molar-refractivity contribution in [3.8, 4) is 0 Å². The number of hydrogen-bond donors (Lipinski definition) is 0. The number of benzene rings is 1. The molecule has 1 aromatic heterocycles. The highest BCUT2D eigenvalue weighted by Crippen LogP contribution is 2.28. The number of hydrogen-bond acceptors (Lipinski definition) is 4. The first-order valence-corrected chi connectivity index (χ1v) is 12.6. The molecule has 0 radical (unpaired) electrons. The van der Waals surface area contributed by atoms with Crippen LogP contribution < -0.4 is 0 Å². The largest absolute Gasteiger partial charge is 0.302 e. The Hall–Kier alpha value is -2.04. The second kappa shape index (κ2) is 11.2. The van der Waals surface area contributed by atoms with Crippen LogP contribution in [-0.4, -0.2) is 53.3 Å². The van der Waals surface area contributed by atoms with Crippen LogP contribution in [0.2, 0.25) is 0 Å². The van der Waals surface area contributed by atoms with Crippen molar-refractivity contribution >= 4 is 5.78 Å². The van der Waals surface area contributed by atoms with Crippen LogP contribution in [-0.2, 0) is 24.1 Å². The van der Waals surface area contributed by atoms with E-state index in [1.54, 1.807) is 6.92 Å². The van der Waals surface area contributed by atoms with Gasteiger partial charge in [0.1, 0.15) is 0 Å². The van der Waals surface area contributed by atoms with Crippen molar-refractivity contribution in [1.29, 1.82) is 0 Å². The van der Waals surface area contributed by atoms with E-state index in [0.29, 0.717) is 6.04 Å². The number of carbonyl (C=O) groups excluding carboxylic acids is 1. The summed E-state index contributed by atoms with van der Waals surface area (Å²) in [5.74, 6) is 0.246. The summed E-state index contributed by atoms with van der Waals surface area (Å²) in [6, 6.07) is 15.3. The molecule has 4 heteroatoms. The topological polar surface area (TPSA) is 36.4 Å². The van der Waals surface area contributed by atoms with Crippen LogP contribution in [0.1, 0.15) is 74.0 Å². The third-order valence-corrected chi connectivity index (χ3v) is 7.36. The normalized spacial score (nSPS) is 19.8. The van der Waals surface area contributed by atoms with Gasteiger partial charge in [0.15, 0.2) is 5.78 Å². The Bertz CT molecular complexity index is 882. The van der Waals surface area contributed by atoms with Gasteiger partial charge in [0.05, 0.1) is 6.04 Å². The summed E-state index contributed by atoms with van der Waals surface area (Å²) in [5, 5.41) is 0. The van der Waals surface area contributed by atoms with Gasteiger partial charge in [0.2, 0.25) is 0 Å². The third-order valence-electron chi connectivity index (χ3n) is 7.36. The van der Waals surface area contributed by atoms with Gasteiger partial charge in [-0.15, -0.1) is 0 Å². The van der Waals surface area contributed by atoms with Crippen molar-refractivity contribution in [2.24, 2.45) is 0 Å². The SMILES string of the molecule is CC(=O)[C@H](c1ccccc1)N1CC[C@@H](N(C)CCCCCc2ccc3c(n2)CCCC3)C1. The molecule has 0 spiro atoms. The zero-order valence-corrected chi connectivity index (χ0v) is 19.9. The van der Waals surface area contributed by atoms with E-state index in [9.17, 15) is 4.79 Å². The molecular formula is C28H39N3O. The predicted molar refractivity (Wildman–Crippen MR) is 131 cm³/mol. The molecule has 1 aliphatic carbocycles. The van der Waals surface area contributed by atoms with Crippen LogP contribution in [0.25, 0.3) is 0 Å². The summed E-state index contributed by atoms with van der Waals surface area (Å²) in [7, 11) is 2.25. The van der Waals surface area contributed by atoms with Crippen LogP contribution in [0.3, 0.4) is 0 Å². The lowest BCUT2D eigenvalue weighted by atomic mass is 9.95. The van der Waals surface area contributed by atoms with Gasteiger partial charge in [0.25, 0.3) is 0 Å². The standard InChI is InChI=1S/C28H39N3O/c1-22(32)28(24-12-5-3-6-13-24)31-20-18-26(21-31)30(2)19-10-4-7-14-25-17-16-23-11-8-9-15-27(23)29-25/h3,5-6,12-13,16-17,26,28H,4,7-11,14-15,18-21H2,1-2H3/t26-,28-/m1/s1. The van der Waals surface area contributed by atoms with E-state index >= 15 is 0 Å². The number of Topliss-reactive ketones (excluding diaryl/α,β-unsaturated/α-hetero) is 1. The molecule has 1 aliphatic heterocycles. The number of aromatic nitrogens is 1. The zero-order chi connectivity index (χ0) is 22.3. The van der Waals surface area contributed by atoms with Crippen molar-refractivity contribution < 1.29 is 4.79 Å². The maximum absolute atomic E-state index is 12.4. The van der Waals surface area contributed by atoms with E-state index < -0.39 is 0 Å². The van der Waals surface area contributed by atoms with Gasteiger partial charge in [-0.25, -0.2) is 0 Å². The fourth-order valence-corrected chi connectivity index (χ4v) is 5.49. The lowest BCUT2D eigenvalue weighted by molar-refractivity contribution is -0.122. The Balaban J connectivity index is 1.19. The smallest absolute Gasteiger partial charge is 0.151 e. The number of nitrogens with zero attached hydrogens (tertiary/aromatic N) is 3. The maximum atomic E-state index is 12.4. The second-order valence-corrected chi connectivity index (χ2v) is 9.77. The van der Waals surface area contributed by atoms with Crippen molar-refractivity contribution in [2.45, 2.75) is 76.8 Å². The Kier molecular flexibility index (Phi) is 8.10. The van der Waals surface area contributed by atoms with Gasteiger partial charge in [-0.2, -0.15) is 0 Å². The van der Waals surface area contributed by atoms with Crippen LogP contribution in [0, 0.1) is 0 Å². The first kappa shape index (κ1) is 23.1. The molecule has 0 bridgehead atoms. The third kappa shape index (κ3) is 5.85. The van der Waals surface area contributed by atoms with Crippen LogP contribution in [0.15, 0.2) is 42.5 Å². The average Bonchev–Trinajstić information content (AvgIpc) is 3.29. The minimum atomic E-state index is -0.0984. The highest BCUT2D eigenvalue weighted by Gasteiger charge is 2.33. The van der Waals surface area contributed by atoms with Crippen LogP contribution in [0.5, 0.6) is 0 Å². The number of aryl methyl sites for hydroxylation is 3. The van der Waals surface area contributed by atoms with Crippen molar-refractivity contribution in [1.82, 2.24) is 14.8 Å². The van der Waals surface area contributed by atoms with Crippen LogP contribution >= 0.6 is 0 Å². The molecule has 1 fully saturated rings. The fourth-order valence-electron chi connectivity index (χ4n) is 5.49. The number of fused-ring (bicyclic) bond motifs is 1. The van der Waals surface area contributed by atoms with E-state index in [0.717, 1.165) is 38.0 Å². The summed E-state index contributed by atoms with van der Waals surface area (Å²) in [6.45, 7) is 4.84. The maximum Gasteiger partial charge on any atom is 0.151 e. The van der Waals surface area contributed by atoms with E-state index in [1.165, 1.54) is 61.9 Å². The molecule has 0 amide bonds. The van der Waals surface area contributed by atoms with E-state index in [4.69, 9.17) is 4.98 Å². The molecule has 4 rings (SSSR count). The molecule has 0 unspecified atom stereocenters. The summed E-state index contributed by atoms with van der Waals surface area (Å²) in [4.78, 5) is 22.2. The molecule has 2 aliphatic rings. The van der Waals surface area contributed by atoms with Gasteiger partial charge >= 0.3 is 0 Å². The number of rotatable bonds is 10. The monoisotopic (exact) mass is 433 g/mol. The molecule has 2 aromatic rings. The first-order valence-electron chi connectivity index (χ1n) is 12.6. The molecule has 172 valence electrons. The van der Waals surface area contributed by atoms with Gasteiger partial charge < -0.3 is 4.90 Å². The highest BCUT2D eigenvalue weighted by molar-refractivity contribution is 5.83. The van der Waals surface area contributed by atoms with E-state index in [-0.39, 0.29) is 11.8 Å². The minimum absolute atomic E-state index is 0.0984. The number of likely N-dealkylation sites (tertiary alicyclic amines) is 1. The van der Waals surface area contributed by atoms with Crippen LogP contribution in [0.4, 0.5) is 0 Å². The second-order valence-electron chi connectivity index (χ2n) is 9.77. The zero-order valence-electron chi connectivity index (χ0n) is 19.9. The van der Waals surface area contributed by atoms with Gasteiger partial charge in [-0.3, -0.25) is 14.7 Å². The highest BCUT2D eigenvalue weighted by atomic mass is 16.1. The summed E-state index contributed by atoms with van der Waals surface area (Å²) < 4.78 is 0. The molecular weight excluding hydrogens is 394 g/mol. The molecule has 0 saturated carbocycles. The van der Waals surface area contributed by atoms with Crippen molar-refractivity contribution in [3.63, 3.8) is 0 Å².